The maximum Gasteiger partial charge on any atom is 0.127 e. The van der Waals surface area contributed by atoms with Crippen LogP contribution in [0.5, 0.6) is 5.75 Å². The van der Waals surface area contributed by atoms with Gasteiger partial charge in [-0.3, -0.25) is 0 Å². The van der Waals surface area contributed by atoms with Crippen LogP contribution >= 0.6 is 0 Å². The zero-order chi connectivity index (χ0) is 6.53. The van der Waals surface area contributed by atoms with Gasteiger partial charge in [-0.1, -0.05) is 6.07 Å². The predicted molar refractivity (Wildman–Crippen MR) is 35.3 cm³/mol. The molecule has 1 nitrogen and oxygen atoms in total. The zero-order valence-electron chi connectivity index (χ0n) is 5.35. The molecule has 9 heavy (non-hydrogen) atoms. The van der Waals surface area contributed by atoms with E-state index in [2.05, 4.69) is 12.1 Å². The summed E-state index contributed by atoms with van der Waals surface area (Å²) in [5.41, 5.74) is 0. The Balaban J connectivity index is 2.61. The lowest BCUT2D eigenvalue weighted by Crippen LogP contribution is -1.89. The van der Waals surface area contributed by atoms with Gasteiger partial charge in [0.2, 0.25) is 0 Å². The van der Waals surface area contributed by atoms with Gasteiger partial charge >= 0.3 is 0 Å². The number of benzene rings is 1. The quantitative estimate of drug-likeness (QED) is 0.577. The van der Waals surface area contributed by atoms with Crippen molar-refractivity contribution in [1.29, 1.82) is 0 Å². The Labute approximate surface area is 55.3 Å². The maximum atomic E-state index is 5.12. The first-order valence-electron chi connectivity index (χ1n) is 2.94. The smallest absolute Gasteiger partial charge is 0.127 e. The van der Waals surface area contributed by atoms with Crippen molar-refractivity contribution in [3.05, 3.63) is 30.3 Å². The van der Waals surface area contributed by atoms with Crippen LogP contribution in [0.2, 0.25) is 0 Å². The Morgan fingerprint density at radius 3 is 3.00 bits per heavy atom. The van der Waals surface area contributed by atoms with E-state index in [1.807, 2.05) is 6.92 Å². The van der Waals surface area contributed by atoms with Crippen molar-refractivity contribution < 1.29 is 4.74 Å². The highest BCUT2D eigenvalue weighted by atomic mass is 16.5. The van der Waals surface area contributed by atoms with Gasteiger partial charge < -0.3 is 4.74 Å². The average molecular weight is 120 g/mol. The first-order chi connectivity index (χ1) is 4.43. The first kappa shape index (κ1) is 6.14. The Hall–Kier alpha value is -0.980. The van der Waals surface area contributed by atoms with Crippen LogP contribution in [0.15, 0.2) is 18.2 Å². The van der Waals surface area contributed by atoms with Crippen molar-refractivity contribution in [2.24, 2.45) is 0 Å². The first-order valence-corrected chi connectivity index (χ1v) is 2.94. The van der Waals surface area contributed by atoms with Gasteiger partial charge in [0.1, 0.15) is 5.75 Å². The molecular formula is C8H8O. The normalized spacial score (nSPS) is 9.00. The van der Waals surface area contributed by atoms with Crippen LogP contribution in [0, 0.1) is 12.1 Å². The van der Waals surface area contributed by atoms with E-state index in [0.29, 0.717) is 6.61 Å². The summed E-state index contributed by atoms with van der Waals surface area (Å²) in [6.45, 7) is 2.63. The van der Waals surface area contributed by atoms with E-state index in [9.17, 15) is 0 Å². The maximum absolute atomic E-state index is 5.12. The Bertz CT molecular complexity index is 157. The molecule has 0 heterocycles. The molecule has 2 radical (unpaired) electrons. The third kappa shape index (κ3) is 1.76. The summed E-state index contributed by atoms with van der Waals surface area (Å²) in [5, 5.41) is 0. The largest absolute Gasteiger partial charge is 0.493 e. The SMILES string of the molecule is CCOc1[c]cc[c]c1. The second kappa shape index (κ2) is 3.13. The van der Waals surface area contributed by atoms with Gasteiger partial charge in [-0.25, -0.2) is 0 Å². The summed E-state index contributed by atoms with van der Waals surface area (Å²) >= 11 is 0. The third-order valence-corrected chi connectivity index (χ3v) is 0.919. The van der Waals surface area contributed by atoms with Crippen molar-refractivity contribution >= 4 is 0 Å². The van der Waals surface area contributed by atoms with Gasteiger partial charge in [0.15, 0.2) is 0 Å². The molecule has 0 amide bonds. The molecule has 0 unspecified atom stereocenters. The standard InChI is InChI=1S/C8H8O/c1-2-9-8-6-4-3-5-7-8/h3-4,7H,2H2,1H3. The van der Waals surface area contributed by atoms with Crippen LogP contribution in [0.4, 0.5) is 0 Å². The fourth-order valence-corrected chi connectivity index (χ4v) is 0.576. The molecule has 0 spiro atoms. The lowest BCUT2D eigenvalue weighted by atomic mass is 10.3. The van der Waals surface area contributed by atoms with Gasteiger partial charge in [0.05, 0.1) is 6.61 Å². The van der Waals surface area contributed by atoms with Crippen LogP contribution in [0.25, 0.3) is 0 Å². The number of hydrogen-bond acceptors (Lipinski definition) is 1. The van der Waals surface area contributed by atoms with Gasteiger partial charge in [-0.05, 0) is 25.1 Å². The van der Waals surface area contributed by atoms with E-state index in [0.717, 1.165) is 5.75 Å². The Morgan fingerprint density at radius 2 is 2.44 bits per heavy atom. The van der Waals surface area contributed by atoms with Gasteiger partial charge in [0.25, 0.3) is 0 Å². The minimum atomic E-state index is 0.689. The summed E-state index contributed by atoms with van der Waals surface area (Å²) < 4.78 is 5.12. The highest BCUT2D eigenvalue weighted by Gasteiger charge is 1.85. The Kier molecular flexibility index (Phi) is 2.13. The van der Waals surface area contributed by atoms with E-state index < -0.39 is 0 Å². The number of ether oxygens (including phenoxy) is 1. The van der Waals surface area contributed by atoms with Gasteiger partial charge in [-0.2, -0.15) is 0 Å². The van der Waals surface area contributed by atoms with E-state index >= 15 is 0 Å². The van der Waals surface area contributed by atoms with Crippen molar-refractivity contribution in [3.63, 3.8) is 0 Å². The van der Waals surface area contributed by atoms with Crippen LogP contribution in [-0.4, -0.2) is 6.61 Å². The summed E-state index contributed by atoms with van der Waals surface area (Å²) in [4.78, 5) is 0. The van der Waals surface area contributed by atoms with Gasteiger partial charge in [-0.15, -0.1) is 0 Å². The lowest BCUT2D eigenvalue weighted by Gasteiger charge is -1.98. The minimum absolute atomic E-state index is 0.689. The van der Waals surface area contributed by atoms with Crippen molar-refractivity contribution in [2.45, 2.75) is 6.92 Å². The molecule has 0 aliphatic heterocycles. The van der Waals surface area contributed by atoms with E-state index in [1.54, 1.807) is 18.2 Å². The molecule has 1 aromatic rings. The molecule has 0 aliphatic rings. The van der Waals surface area contributed by atoms with Crippen LogP contribution in [0.3, 0.4) is 0 Å². The zero-order valence-corrected chi connectivity index (χ0v) is 5.35. The molecule has 0 saturated heterocycles. The van der Waals surface area contributed by atoms with Crippen LogP contribution in [0.1, 0.15) is 6.92 Å². The molecule has 1 heteroatoms. The summed E-state index contributed by atoms with van der Waals surface area (Å²) in [5.74, 6) is 0.764. The predicted octanol–water partition coefficient (Wildman–Crippen LogP) is 1.69. The molecule has 0 N–H and O–H groups in total. The highest BCUT2D eigenvalue weighted by molar-refractivity contribution is 5.18. The fourth-order valence-electron chi connectivity index (χ4n) is 0.576. The minimum Gasteiger partial charge on any atom is -0.493 e. The van der Waals surface area contributed by atoms with Gasteiger partial charge in [0, 0.05) is 6.07 Å². The molecule has 1 rings (SSSR count). The van der Waals surface area contributed by atoms with Crippen molar-refractivity contribution in [2.75, 3.05) is 6.61 Å². The highest BCUT2D eigenvalue weighted by Crippen LogP contribution is 2.05. The summed E-state index contributed by atoms with van der Waals surface area (Å²) in [6, 6.07) is 11.1. The molecule has 0 bridgehead atoms. The summed E-state index contributed by atoms with van der Waals surface area (Å²) in [6.07, 6.45) is 0. The van der Waals surface area contributed by atoms with Crippen LogP contribution < -0.4 is 4.74 Å². The topological polar surface area (TPSA) is 9.23 Å². The lowest BCUT2D eigenvalue weighted by molar-refractivity contribution is 0.339. The molecule has 0 aromatic heterocycles. The number of rotatable bonds is 2. The third-order valence-electron chi connectivity index (χ3n) is 0.919. The number of hydrogen-bond donors (Lipinski definition) is 0. The molecule has 1 aromatic carbocycles. The van der Waals surface area contributed by atoms with E-state index in [1.165, 1.54) is 0 Å². The molecular weight excluding hydrogens is 112 g/mol. The van der Waals surface area contributed by atoms with Crippen molar-refractivity contribution in [3.8, 4) is 5.75 Å². The second-order valence-electron chi connectivity index (χ2n) is 1.59. The monoisotopic (exact) mass is 120 g/mol. The second-order valence-corrected chi connectivity index (χ2v) is 1.59. The molecule has 0 atom stereocenters. The molecule has 0 fully saturated rings. The average Bonchev–Trinajstić information content (AvgIpc) is 1.91. The van der Waals surface area contributed by atoms with Crippen molar-refractivity contribution in [1.82, 2.24) is 0 Å². The Morgan fingerprint density at radius 1 is 1.56 bits per heavy atom. The van der Waals surface area contributed by atoms with E-state index in [4.69, 9.17) is 4.74 Å². The summed E-state index contributed by atoms with van der Waals surface area (Å²) in [7, 11) is 0. The molecule has 0 saturated carbocycles. The fraction of sp³-hybridized carbons (Fsp3) is 0.250. The van der Waals surface area contributed by atoms with Crippen LogP contribution in [-0.2, 0) is 0 Å². The van der Waals surface area contributed by atoms with E-state index in [-0.39, 0.29) is 0 Å². The molecule has 0 aliphatic carbocycles. The molecule has 46 valence electrons.